The third kappa shape index (κ3) is 2.20. The van der Waals surface area contributed by atoms with Crippen LogP contribution >= 0.6 is 11.3 Å². The molecule has 3 nitrogen and oxygen atoms in total. The molecule has 0 unspecified atom stereocenters. The normalized spacial score (nSPS) is 16.1. The Labute approximate surface area is 86.8 Å². The maximum absolute atomic E-state index is 11.2. The first-order chi connectivity index (χ1) is 6.77. The van der Waals surface area contributed by atoms with Gasteiger partial charge in [0.15, 0.2) is 0 Å². The molecule has 0 spiro atoms. The second kappa shape index (κ2) is 3.92. The first-order valence-corrected chi connectivity index (χ1v) is 5.52. The first kappa shape index (κ1) is 9.40. The van der Waals surface area contributed by atoms with Crippen LogP contribution in [-0.4, -0.2) is 12.1 Å². The molecule has 0 saturated heterocycles. The average molecular weight is 208 g/mol. The molecule has 1 aliphatic carbocycles. The first-order valence-electron chi connectivity index (χ1n) is 4.64. The summed E-state index contributed by atoms with van der Waals surface area (Å²) in [7, 11) is 0. The number of hydrogen-bond donors (Lipinski definition) is 1. The van der Waals surface area contributed by atoms with E-state index in [9.17, 15) is 4.79 Å². The van der Waals surface area contributed by atoms with Gasteiger partial charge in [0.2, 0.25) is 5.91 Å². The van der Waals surface area contributed by atoms with E-state index in [1.165, 1.54) is 4.88 Å². The number of carbonyl (C=O) groups is 1. The van der Waals surface area contributed by atoms with Crippen molar-refractivity contribution in [3.8, 4) is 0 Å². The Morgan fingerprint density at radius 3 is 3.07 bits per heavy atom. The SMILES string of the molecule is Cc1sccc1/C=N\NC(=O)C1CC1. The van der Waals surface area contributed by atoms with Crippen LogP contribution in [0.15, 0.2) is 16.5 Å². The van der Waals surface area contributed by atoms with Crippen LogP contribution in [0.1, 0.15) is 23.3 Å². The summed E-state index contributed by atoms with van der Waals surface area (Å²) in [6.07, 6.45) is 3.73. The van der Waals surface area contributed by atoms with E-state index in [1.807, 2.05) is 18.4 Å². The fourth-order valence-corrected chi connectivity index (χ4v) is 1.81. The number of hydrogen-bond acceptors (Lipinski definition) is 3. The van der Waals surface area contributed by atoms with E-state index in [4.69, 9.17) is 0 Å². The van der Waals surface area contributed by atoms with Crippen LogP contribution in [-0.2, 0) is 4.79 Å². The predicted molar refractivity (Wildman–Crippen MR) is 57.5 cm³/mol. The maximum Gasteiger partial charge on any atom is 0.243 e. The summed E-state index contributed by atoms with van der Waals surface area (Å²) in [4.78, 5) is 12.4. The van der Waals surface area contributed by atoms with Crippen LogP contribution in [0.3, 0.4) is 0 Å². The highest BCUT2D eigenvalue weighted by Gasteiger charge is 2.29. The number of carbonyl (C=O) groups excluding carboxylic acids is 1. The Hall–Kier alpha value is -1.16. The van der Waals surface area contributed by atoms with Crippen molar-refractivity contribution in [1.82, 2.24) is 5.43 Å². The lowest BCUT2D eigenvalue weighted by Gasteiger charge is -1.94. The van der Waals surface area contributed by atoms with E-state index in [0.29, 0.717) is 0 Å². The maximum atomic E-state index is 11.2. The van der Waals surface area contributed by atoms with E-state index in [2.05, 4.69) is 10.5 Å². The van der Waals surface area contributed by atoms with E-state index in [-0.39, 0.29) is 11.8 Å². The molecule has 1 saturated carbocycles. The van der Waals surface area contributed by atoms with Crippen molar-refractivity contribution in [2.75, 3.05) is 0 Å². The van der Waals surface area contributed by atoms with Gasteiger partial charge in [-0.25, -0.2) is 5.43 Å². The smallest absolute Gasteiger partial charge is 0.243 e. The number of hydrazone groups is 1. The van der Waals surface area contributed by atoms with Crippen molar-refractivity contribution >= 4 is 23.5 Å². The summed E-state index contributed by atoms with van der Waals surface area (Å²) in [5.41, 5.74) is 3.62. The second-order valence-corrected chi connectivity index (χ2v) is 4.56. The summed E-state index contributed by atoms with van der Waals surface area (Å²) < 4.78 is 0. The Bertz CT molecular complexity index is 366. The summed E-state index contributed by atoms with van der Waals surface area (Å²) in [5, 5.41) is 5.93. The van der Waals surface area contributed by atoms with E-state index < -0.39 is 0 Å². The lowest BCUT2D eigenvalue weighted by molar-refractivity contribution is -0.122. The van der Waals surface area contributed by atoms with Crippen LogP contribution in [0.4, 0.5) is 0 Å². The Balaban J connectivity index is 1.87. The average Bonchev–Trinajstić information content (AvgIpc) is 2.93. The van der Waals surface area contributed by atoms with Gasteiger partial charge in [0, 0.05) is 16.4 Å². The molecule has 0 aliphatic heterocycles. The van der Waals surface area contributed by atoms with Crippen molar-refractivity contribution in [2.24, 2.45) is 11.0 Å². The van der Waals surface area contributed by atoms with E-state index in [0.717, 1.165) is 18.4 Å². The second-order valence-electron chi connectivity index (χ2n) is 3.44. The minimum atomic E-state index is 0.0501. The van der Waals surface area contributed by atoms with Crippen molar-refractivity contribution < 1.29 is 4.79 Å². The van der Waals surface area contributed by atoms with Gasteiger partial charge in [-0.05, 0) is 31.2 Å². The minimum absolute atomic E-state index is 0.0501. The molecule has 2 rings (SSSR count). The molecule has 0 radical (unpaired) electrons. The molecular weight excluding hydrogens is 196 g/mol. The van der Waals surface area contributed by atoms with Crippen molar-refractivity contribution in [2.45, 2.75) is 19.8 Å². The fraction of sp³-hybridized carbons (Fsp3) is 0.400. The lowest BCUT2D eigenvalue weighted by atomic mass is 10.3. The van der Waals surface area contributed by atoms with Gasteiger partial charge in [-0.15, -0.1) is 11.3 Å². The molecule has 1 amide bonds. The summed E-state index contributed by atoms with van der Waals surface area (Å²) in [6.45, 7) is 2.04. The van der Waals surface area contributed by atoms with Crippen molar-refractivity contribution in [1.29, 1.82) is 0 Å². The van der Waals surface area contributed by atoms with Crippen LogP contribution in [0, 0.1) is 12.8 Å². The highest BCUT2D eigenvalue weighted by atomic mass is 32.1. The molecule has 1 aromatic rings. The molecule has 14 heavy (non-hydrogen) atoms. The quantitative estimate of drug-likeness (QED) is 0.598. The van der Waals surface area contributed by atoms with Gasteiger partial charge < -0.3 is 0 Å². The molecule has 4 heteroatoms. The van der Waals surface area contributed by atoms with Crippen molar-refractivity contribution in [3.63, 3.8) is 0 Å². The summed E-state index contributed by atoms with van der Waals surface area (Å²) >= 11 is 1.68. The number of aryl methyl sites for hydroxylation is 1. The standard InChI is InChI=1S/C10H12N2OS/c1-7-9(4-5-14-7)6-11-12-10(13)8-2-3-8/h4-6,8H,2-3H2,1H3,(H,12,13)/b11-6-. The number of nitrogens with one attached hydrogen (secondary N) is 1. The summed E-state index contributed by atoms with van der Waals surface area (Å²) in [6, 6.07) is 1.99. The topological polar surface area (TPSA) is 41.5 Å². The number of rotatable bonds is 3. The zero-order valence-electron chi connectivity index (χ0n) is 7.99. The Kier molecular flexibility index (Phi) is 2.63. The zero-order chi connectivity index (χ0) is 9.97. The molecule has 1 aliphatic rings. The van der Waals surface area contributed by atoms with Gasteiger partial charge in [0.05, 0.1) is 6.21 Å². The molecule has 0 bridgehead atoms. The van der Waals surface area contributed by atoms with Gasteiger partial charge in [0.1, 0.15) is 0 Å². The minimum Gasteiger partial charge on any atom is -0.273 e. The van der Waals surface area contributed by atoms with Gasteiger partial charge in [0.25, 0.3) is 0 Å². The predicted octanol–water partition coefficient (Wildman–Crippen LogP) is 1.92. The van der Waals surface area contributed by atoms with Gasteiger partial charge in [-0.2, -0.15) is 5.10 Å². The summed E-state index contributed by atoms with van der Waals surface area (Å²) in [5.74, 6) is 0.268. The van der Waals surface area contributed by atoms with Crippen LogP contribution in [0.5, 0.6) is 0 Å². The molecule has 1 N–H and O–H groups in total. The Morgan fingerprint density at radius 2 is 2.50 bits per heavy atom. The molecular formula is C10H12N2OS. The lowest BCUT2D eigenvalue weighted by Crippen LogP contribution is -2.18. The highest BCUT2D eigenvalue weighted by molar-refractivity contribution is 7.10. The molecule has 0 aromatic carbocycles. The molecule has 1 fully saturated rings. The van der Waals surface area contributed by atoms with Crippen LogP contribution < -0.4 is 5.43 Å². The Morgan fingerprint density at radius 1 is 1.71 bits per heavy atom. The van der Waals surface area contributed by atoms with Crippen LogP contribution in [0.25, 0.3) is 0 Å². The fourth-order valence-electron chi connectivity index (χ4n) is 1.13. The zero-order valence-corrected chi connectivity index (χ0v) is 8.80. The van der Waals surface area contributed by atoms with Gasteiger partial charge >= 0.3 is 0 Å². The molecule has 0 atom stereocenters. The number of amides is 1. The molecule has 74 valence electrons. The highest BCUT2D eigenvalue weighted by Crippen LogP contribution is 2.28. The third-order valence-corrected chi connectivity index (χ3v) is 3.09. The van der Waals surface area contributed by atoms with E-state index in [1.54, 1.807) is 17.6 Å². The van der Waals surface area contributed by atoms with Gasteiger partial charge in [-0.3, -0.25) is 4.79 Å². The molecule has 1 aromatic heterocycles. The van der Waals surface area contributed by atoms with Crippen molar-refractivity contribution in [3.05, 3.63) is 21.9 Å². The molecule has 1 heterocycles. The van der Waals surface area contributed by atoms with E-state index >= 15 is 0 Å². The van der Waals surface area contributed by atoms with Gasteiger partial charge in [-0.1, -0.05) is 0 Å². The number of thiophene rings is 1. The van der Waals surface area contributed by atoms with Crippen LogP contribution in [0.2, 0.25) is 0 Å². The largest absolute Gasteiger partial charge is 0.273 e. The third-order valence-electron chi connectivity index (χ3n) is 2.23. The monoisotopic (exact) mass is 208 g/mol. The number of nitrogens with zero attached hydrogens (tertiary/aromatic N) is 1.